The van der Waals surface area contributed by atoms with Crippen molar-refractivity contribution in [3.05, 3.63) is 18.2 Å². The van der Waals surface area contributed by atoms with Crippen molar-refractivity contribution in [1.29, 1.82) is 0 Å². The van der Waals surface area contributed by atoms with Gasteiger partial charge < -0.3 is 9.30 Å². The predicted octanol–water partition coefficient (Wildman–Crippen LogP) is 1.58. The van der Waals surface area contributed by atoms with Gasteiger partial charge in [-0.15, -0.1) is 12.4 Å². The van der Waals surface area contributed by atoms with Crippen molar-refractivity contribution >= 4 is 18.4 Å². The van der Waals surface area contributed by atoms with Crippen molar-refractivity contribution in [2.45, 2.75) is 19.8 Å². The highest BCUT2D eigenvalue weighted by Crippen LogP contribution is 2.27. The molecule has 0 bridgehead atoms. The van der Waals surface area contributed by atoms with Gasteiger partial charge in [0.1, 0.15) is 0 Å². The molecule has 5 heteroatoms. The third-order valence-corrected chi connectivity index (χ3v) is 3.14. The first-order valence-electron chi connectivity index (χ1n) is 5.34. The summed E-state index contributed by atoms with van der Waals surface area (Å²) in [6.45, 7) is 2.59. The number of hydrogen-bond acceptors (Lipinski definition) is 3. The number of aryl methyl sites for hydroxylation is 1. The van der Waals surface area contributed by atoms with Gasteiger partial charge in [-0.2, -0.15) is 0 Å². The largest absolute Gasteiger partial charge is 0.465 e. The normalized spacial score (nSPS) is 24.0. The van der Waals surface area contributed by atoms with Crippen LogP contribution in [0, 0.1) is 11.8 Å². The minimum absolute atomic E-state index is 0. The predicted molar refractivity (Wildman–Crippen MR) is 62.4 cm³/mol. The summed E-state index contributed by atoms with van der Waals surface area (Å²) in [5.41, 5.74) is 1.16. The van der Waals surface area contributed by atoms with Gasteiger partial charge >= 0.3 is 5.97 Å². The van der Waals surface area contributed by atoms with Crippen molar-refractivity contribution in [1.82, 2.24) is 9.55 Å². The van der Waals surface area contributed by atoms with Gasteiger partial charge in [0.2, 0.25) is 0 Å². The summed E-state index contributed by atoms with van der Waals surface area (Å²) in [6.07, 6.45) is 5.38. The second-order valence-electron chi connectivity index (χ2n) is 4.10. The fourth-order valence-corrected chi connectivity index (χ4v) is 2.16. The molecule has 0 N–H and O–H groups in total. The molecule has 0 radical (unpaired) electrons. The van der Waals surface area contributed by atoms with Gasteiger partial charge in [-0.3, -0.25) is 4.79 Å². The highest BCUT2D eigenvalue weighted by Gasteiger charge is 2.35. The Bertz CT molecular complexity index is 365. The summed E-state index contributed by atoms with van der Waals surface area (Å²) in [5.74, 6) is 0.350. The van der Waals surface area contributed by atoms with Gasteiger partial charge in [-0.1, -0.05) is 6.92 Å². The standard InChI is InChI=1S/C11H16N2O2.ClH/c1-3-10-8(6-15-11(10)14)4-9-5-12-7-13(9)2;/h5,7-8,10H,3-4,6H2,1-2H3;1H/t8-,10?;/m0./s1. The van der Waals surface area contributed by atoms with Gasteiger partial charge in [0.15, 0.2) is 0 Å². The van der Waals surface area contributed by atoms with E-state index < -0.39 is 0 Å². The number of ether oxygens (including phenoxy) is 1. The van der Waals surface area contributed by atoms with Gasteiger partial charge in [0, 0.05) is 24.9 Å². The summed E-state index contributed by atoms with van der Waals surface area (Å²) >= 11 is 0. The number of imidazole rings is 1. The summed E-state index contributed by atoms with van der Waals surface area (Å²) < 4.78 is 7.08. The van der Waals surface area contributed by atoms with E-state index in [9.17, 15) is 4.79 Å². The lowest BCUT2D eigenvalue weighted by Crippen LogP contribution is -2.18. The molecule has 2 heterocycles. The van der Waals surface area contributed by atoms with Crippen LogP contribution in [0.15, 0.2) is 12.5 Å². The number of carbonyl (C=O) groups is 1. The Labute approximate surface area is 101 Å². The summed E-state index contributed by atoms with van der Waals surface area (Å²) in [7, 11) is 1.97. The number of halogens is 1. The highest BCUT2D eigenvalue weighted by molar-refractivity contribution is 5.85. The lowest BCUT2D eigenvalue weighted by Gasteiger charge is -2.12. The van der Waals surface area contributed by atoms with Crippen LogP contribution in [0.25, 0.3) is 0 Å². The number of esters is 1. The molecule has 0 aliphatic carbocycles. The van der Waals surface area contributed by atoms with Crippen LogP contribution < -0.4 is 0 Å². The average Bonchev–Trinajstić information content (AvgIpc) is 2.76. The molecule has 0 amide bonds. The molecule has 16 heavy (non-hydrogen) atoms. The zero-order valence-corrected chi connectivity index (χ0v) is 10.4. The molecule has 90 valence electrons. The fourth-order valence-electron chi connectivity index (χ4n) is 2.16. The smallest absolute Gasteiger partial charge is 0.309 e. The van der Waals surface area contributed by atoms with E-state index in [0.717, 1.165) is 18.5 Å². The lowest BCUT2D eigenvalue weighted by atomic mass is 9.89. The molecule has 4 nitrogen and oxygen atoms in total. The second kappa shape index (κ2) is 5.34. The highest BCUT2D eigenvalue weighted by atomic mass is 35.5. The van der Waals surface area contributed by atoms with E-state index >= 15 is 0 Å². The number of rotatable bonds is 3. The van der Waals surface area contributed by atoms with Crippen LogP contribution in [0.2, 0.25) is 0 Å². The molecule has 1 aliphatic heterocycles. The minimum Gasteiger partial charge on any atom is -0.465 e. The monoisotopic (exact) mass is 244 g/mol. The van der Waals surface area contributed by atoms with E-state index in [1.54, 1.807) is 6.33 Å². The molecule has 1 unspecified atom stereocenters. The van der Waals surface area contributed by atoms with Crippen molar-refractivity contribution in [3.63, 3.8) is 0 Å². The van der Waals surface area contributed by atoms with E-state index in [1.165, 1.54) is 0 Å². The van der Waals surface area contributed by atoms with Gasteiger partial charge in [0.05, 0.1) is 18.9 Å². The third-order valence-electron chi connectivity index (χ3n) is 3.14. The Morgan fingerprint density at radius 3 is 2.94 bits per heavy atom. The van der Waals surface area contributed by atoms with Crippen LogP contribution in [0.3, 0.4) is 0 Å². The average molecular weight is 245 g/mol. The quantitative estimate of drug-likeness (QED) is 0.759. The van der Waals surface area contributed by atoms with E-state index in [4.69, 9.17) is 4.74 Å². The van der Waals surface area contributed by atoms with Crippen molar-refractivity contribution < 1.29 is 9.53 Å². The number of carbonyl (C=O) groups excluding carboxylic acids is 1. The van der Waals surface area contributed by atoms with E-state index in [0.29, 0.717) is 12.5 Å². The first-order valence-corrected chi connectivity index (χ1v) is 5.34. The molecule has 1 aliphatic rings. The molecule has 1 saturated heterocycles. The first-order chi connectivity index (χ1) is 7.22. The Hall–Kier alpha value is -1.03. The molecule has 1 aromatic rings. The second-order valence-corrected chi connectivity index (χ2v) is 4.10. The molecule has 0 saturated carbocycles. The van der Waals surface area contributed by atoms with Crippen LogP contribution in [-0.2, 0) is 23.0 Å². The third kappa shape index (κ3) is 2.38. The summed E-state index contributed by atoms with van der Waals surface area (Å²) in [5, 5.41) is 0. The summed E-state index contributed by atoms with van der Waals surface area (Å²) in [6, 6.07) is 0. The maximum atomic E-state index is 11.4. The number of nitrogens with zero attached hydrogens (tertiary/aromatic N) is 2. The molecule has 2 rings (SSSR count). The number of cyclic esters (lactones) is 1. The molecular weight excluding hydrogens is 228 g/mol. The van der Waals surface area contributed by atoms with Crippen LogP contribution in [0.1, 0.15) is 19.0 Å². The zero-order chi connectivity index (χ0) is 10.8. The Morgan fingerprint density at radius 2 is 2.38 bits per heavy atom. The molecule has 2 atom stereocenters. The van der Waals surface area contributed by atoms with E-state index in [1.807, 2.05) is 24.7 Å². The van der Waals surface area contributed by atoms with Crippen molar-refractivity contribution in [2.75, 3.05) is 6.61 Å². The van der Waals surface area contributed by atoms with E-state index in [2.05, 4.69) is 4.98 Å². The molecular formula is C11H17ClN2O2. The van der Waals surface area contributed by atoms with Gasteiger partial charge in [0.25, 0.3) is 0 Å². The topological polar surface area (TPSA) is 44.1 Å². The van der Waals surface area contributed by atoms with Crippen LogP contribution in [0.4, 0.5) is 0 Å². The van der Waals surface area contributed by atoms with Crippen molar-refractivity contribution in [3.8, 4) is 0 Å². The number of aromatic nitrogens is 2. The van der Waals surface area contributed by atoms with Gasteiger partial charge in [-0.25, -0.2) is 4.98 Å². The Kier molecular flexibility index (Phi) is 4.35. The van der Waals surface area contributed by atoms with Crippen LogP contribution in [-0.4, -0.2) is 22.1 Å². The SMILES string of the molecule is CCC1C(=O)OC[C@@H]1Cc1cncn1C.Cl. The molecule has 1 fully saturated rings. The Morgan fingerprint density at radius 1 is 1.62 bits per heavy atom. The van der Waals surface area contributed by atoms with Crippen LogP contribution in [0.5, 0.6) is 0 Å². The number of hydrogen-bond donors (Lipinski definition) is 0. The van der Waals surface area contributed by atoms with Gasteiger partial charge in [-0.05, 0) is 12.8 Å². The van der Waals surface area contributed by atoms with Crippen molar-refractivity contribution in [2.24, 2.45) is 18.9 Å². The first kappa shape index (κ1) is 13.0. The Balaban J connectivity index is 0.00000128. The molecule has 1 aromatic heterocycles. The molecule has 0 spiro atoms. The summed E-state index contributed by atoms with van der Waals surface area (Å²) in [4.78, 5) is 15.5. The maximum absolute atomic E-state index is 11.4. The lowest BCUT2D eigenvalue weighted by molar-refractivity contribution is -0.141. The fraction of sp³-hybridized carbons (Fsp3) is 0.636. The molecule has 0 aromatic carbocycles. The minimum atomic E-state index is -0.0373. The van der Waals surface area contributed by atoms with E-state index in [-0.39, 0.29) is 24.3 Å². The maximum Gasteiger partial charge on any atom is 0.309 e. The zero-order valence-electron chi connectivity index (χ0n) is 9.55. The van der Waals surface area contributed by atoms with Crippen LogP contribution >= 0.6 is 12.4 Å².